The third kappa shape index (κ3) is 5.22. The van der Waals surface area contributed by atoms with Crippen LogP contribution in [-0.2, 0) is 11.2 Å². The number of hydrogen-bond donors (Lipinski definition) is 2. The number of fused-ring (bicyclic) bond motifs is 1. The van der Waals surface area contributed by atoms with Crippen molar-refractivity contribution < 1.29 is 9.53 Å². The summed E-state index contributed by atoms with van der Waals surface area (Å²) < 4.78 is 6.59. The number of hydrogen-bond acceptors (Lipinski definition) is 5. The van der Waals surface area contributed by atoms with E-state index < -0.39 is 0 Å². The monoisotopic (exact) mass is 618 g/mol. The van der Waals surface area contributed by atoms with E-state index in [4.69, 9.17) is 27.9 Å². The zero-order chi connectivity index (χ0) is 25.1. The first kappa shape index (κ1) is 25.2. The molecule has 0 aliphatic rings. The molecule has 0 unspecified atom stereocenters. The second-order valence-electron chi connectivity index (χ2n) is 7.54. The van der Waals surface area contributed by atoms with Crippen LogP contribution < -0.4 is 15.4 Å². The van der Waals surface area contributed by atoms with Crippen LogP contribution in [0.15, 0.2) is 61.3 Å². The number of halogens is 3. The van der Waals surface area contributed by atoms with Crippen LogP contribution in [0, 0.1) is 3.57 Å². The Morgan fingerprint density at radius 2 is 2.03 bits per heavy atom. The molecule has 0 atom stereocenters. The van der Waals surface area contributed by atoms with Crippen LogP contribution in [0.3, 0.4) is 0 Å². The number of nitrogens with zero attached hydrogens (tertiary/aromatic N) is 2. The summed E-state index contributed by atoms with van der Waals surface area (Å²) in [5.41, 5.74) is 4.76. The molecule has 0 aliphatic heterocycles. The van der Waals surface area contributed by atoms with Crippen molar-refractivity contribution in [3.05, 3.63) is 80.5 Å². The fraction of sp³-hybridized carbons (Fsp3) is 0.115. The Hall–Kier alpha value is -2.88. The number of methoxy groups -OCH3 is 1. The molecule has 178 valence electrons. The van der Waals surface area contributed by atoms with Crippen LogP contribution in [0.2, 0.25) is 10.0 Å². The molecule has 0 fully saturated rings. The van der Waals surface area contributed by atoms with Gasteiger partial charge in [0, 0.05) is 20.7 Å². The largest absolute Gasteiger partial charge is 0.495 e. The van der Waals surface area contributed by atoms with E-state index in [0.717, 1.165) is 37.6 Å². The van der Waals surface area contributed by atoms with Crippen molar-refractivity contribution in [2.45, 2.75) is 13.3 Å². The topological polar surface area (TPSA) is 76.1 Å². The Bertz CT molecular complexity index is 1430. The van der Waals surface area contributed by atoms with E-state index >= 15 is 0 Å². The zero-order valence-electron chi connectivity index (χ0n) is 19.0. The third-order valence-electron chi connectivity index (χ3n) is 5.41. The van der Waals surface area contributed by atoms with Crippen LogP contribution in [-0.4, -0.2) is 23.0 Å². The summed E-state index contributed by atoms with van der Waals surface area (Å²) in [7, 11) is 1.62. The van der Waals surface area contributed by atoms with E-state index in [1.165, 1.54) is 6.08 Å². The number of rotatable bonds is 7. The smallest absolute Gasteiger partial charge is 0.247 e. The predicted octanol–water partition coefficient (Wildman–Crippen LogP) is 7.65. The van der Waals surface area contributed by atoms with Crippen molar-refractivity contribution in [2.75, 3.05) is 17.7 Å². The van der Waals surface area contributed by atoms with Crippen molar-refractivity contribution >= 4 is 79.9 Å². The lowest BCUT2D eigenvalue weighted by molar-refractivity contribution is -0.111. The number of ether oxygens (including phenoxy) is 1. The van der Waals surface area contributed by atoms with Crippen molar-refractivity contribution in [1.29, 1.82) is 0 Å². The van der Waals surface area contributed by atoms with Gasteiger partial charge in [-0.1, -0.05) is 48.8 Å². The van der Waals surface area contributed by atoms with Crippen LogP contribution in [0.25, 0.3) is 22.0 Å². The summed E-state index contributed by atoms with van der Waals surface area (Å²) in [6.07, 6.45) is 3.78. The number of amides is 1. The highest BCUT2D eigenvalue weighted by molar-refractivity contribution is 14.1. The van der Waals surface area contributed by atoms with Gasteiger partial charge in [-0.2, -0.15) is 0 Å². The summed E-state index contributed by atoms with van der Waals surface area (Å²) in [5.74, 6) is 0.642. The Balaban J connectivity index is 1.72. The molecule has 3 aromatic carbocycles. The number of carbonyl (C=O) groups is 1. The molecule has 0 saturated heterocycles. The maximum atomic E-state index is 11.8. The number of benzene rings is 3. The summed E-state index contributed by atoms with van der Waals surface area (Å²) >= 11 is 15.4. The number of para-hydroxylation sites is 1. The van der Waals surface area contributed by atoms with Gasteiger partial charge in [-0.05, 0) is 76.5 Å². The Labute approximate surface area is 226 Å². The molecule has 1 aromatic heterocycles. The molecule has 35 heavy (non-hydrogen) atoms. The molecule has 6 nitrogen and oxygen atoms in total. The minimum Gasteiger partial charge on any atom is -0.495 e. The average molecular weight is 619 g/mol. The van der Waals surface area contributed by atoms with E-state index in [2.05, 4.69) is 56.7 Å². The summed E-state index contributed by atoms with van der Waals surface area (Å²) in [4.78, 5) is 20.9. The first-order valence-electron chi connectivity index (χ1n) is 10.7. The van der Waals surface area contributed by atoms with Gasteiger partial charge in [0.1, 0.15) is 5.75 Å². The van der Waals surface area contributed by atoms with Crippen molar-refractivity contribution in [3.8, 4) is 16.9 Å². The fourth-order valence-corrected chi connectivity index (χ4v) is 5.46. The number of carbonyl (C=O) groups excluding carboxylic acids is 1. The van der Waals surface area contributed by atoms with Gasteiger partial charge < -0.3 is 15.4 Å². The molecule has 2 N–H and O–H groups in total. The number of nitrogens with one attached hydrogen (secondary N) is 2. The van der Waals surface area contributed by atoms with Crippen molar-refractivity contribution in [3.63, 3.8) is 0 Å². The minimum atomic E-state index is -0.348. The molecular weight excluding hydrogens is 598 g/mol. The van der Waals surface area contributed by atoms with Gasteiger partial charge in [0.05, 0.1) is 34.0 Å². The lowest BCUT2D eigenvalue weighted by Crippen LogP contribution is -2.10. The van der Waals surface area contributed by atoms with Gasteiger partial charge in [-0.3, -0.25) is 4.79 Å². The lowest BCUT2D eigenvalue weighted by atomic mass is 10.00. The highest BCUT2D eigenvalue weighted by Gasteiger charge is 2.18. The molecule has 0 aliphatic carbocycles. The Morgan fingerprint density at radius 1 is 1.23 bits per heavy atom. The second kappa shape index (κ2) is 10.8. The number of aromatic nitrogens is 2. The summed E-state index contributed by atoms with van der Waals surface area (Å²) in [6.45, 7) is 5.58. The normalized spacial score (nSPS) is 10.8. The first-order valence-corrected chi connectivity index (χ1v) is 12.5. The first-order chi connectivity index (χ1) is 16.9. The second-order valence-corrected chi connectivity index (χ2v) is 9.41. The standard InChI is InChI=1S/C26H21Cl2IN4O2/c1-4-14-12-20(35-3)23(28)22(24(14)29)15-9-10-18-16(11-15)13-30-26(32-18)33-25-17(27)7-6-8-19(25)31-21(34)5-2/h5-13H,2,4H2,1,3H3,(H,31,34)(H,30,32,33). The molecule has 9 heteroatoms. The average Bonchev–Trinajstić information content (AvgIpc) is 2.86. The Morgan fingerprint density at radius 3 is 2.74 bits per heavy atom. The molecular formula is C26H21Cl2IN4O2. The minimum absolute atomic E-state index is 0.342. The highest BCUT2D eigenvalue weighted by atomic mass is 127. The maximum Gasteiger partial charge on any atom is 0.247 e. The van der Waals surface area contributed by atoms with E-state index in [0.29, 0.717) is 33.1 Å². The molecule has 4 aromatic rings. The van der Waals surface area contributed by atoms with Gasteiger partial charge in [0.2, 0.25) is 11.9 Å². The van der Waals surface area contributed by atoms with Crippen LogP contribution in [0.4, 0.5) is 17.3 Å². The molecule has 0 radical (unpaired) electrons. The van der Waals surface area contributed by atoms with Crippen LogP contribution in [0.1, 0.15) is 12.5 Å². The van der Waals surface area contributed by atoms with Gasteiger partial charge in [-0.25, -0.2) is 9.97 Å². The van der Waals surface area contributed by atoms with E-state index in [1.807, 2.05) is 24.3 Å². The summed E-state index contributed by atoms with van der Waals surface area (Å²) in [5, 5.41) is 7.68. The van der Waals surface area contributed by atoms with Gasteiger partial charge in [-0.15, -0.1) is 0 Å². The van der Waals surface area contributed by atoms with Crippen LogP contribution in [0.5, 0.6) is 5.75 Å². The van der Waals surface area contributed by atoms with E-state index in [-0.39, 0.29) is 5.91 Å². The van der Waals surface area contributed by atoms with Crippen LogP contribution >= 0.6 is 45.8 Å². The predicted molar refractivity (Wildman–Crippen MR) is 152 cm³/mol. The van der Waals surface area contributed by atoms with E-state index in [9.17, 15) is 4.79 Å². The molecule has 0 spiro atoms. The number of anilines is 3. The summed E-state index contributed by atoms with van der Waals surface area (Å²) in [6, 6.07) is 13.1. The van der Waals surface area contributed by atoms with Gasteiger partial charge in [0.15, 0.2) is 0 Å². The van der Waals surface area contributed by atoms with Gasteiger partial charge >= 0.3 is 0 Å². The highest BCUT2D eigenvalue weighted by Crippen LogP contribution is 2.41. The molecule has 4 rings (SSSR count). The fourth-order valence-electron chi connectivity index (χ4n) is 3.62. The Kier molecular flexibility index (Phi) is 7.78. The maximum absolute atomic E-state index is 11.8. The molecule has 1 heterocycles. The lowest BCUT2D eigenvalue weighted by Gasteiger charge is -2.16. The molecule has 0 saturated carbocycles. The molecule has 1 amide bonds. The van der Waals surface area contributed by atoms with E-state index in [1.54, 1.807) is 31.5 Å². The van der Waals surface area contributed by atoms with Gasteiger partial charge in [0.25, 0.3) is 0 Å². The quantitative estimate of drug-likeness (QED) is 0.164. The van der Waals surface area contributed by atoms with Crippen molar-refractivity contribution in [1.82, 2.24) is 9.97 Å². The molecule has 0 bridgehead atoms. The number of aryl methyl sites for hydroxylation is 1. The van der Waals surface area contributed by atoms with Crippen molar-refractivity contribution in [2.24, 2.45) is 0 Å². The zero-order valence-corrected chi connectivity index (χ0v) is 22.6. The third-order valence-corrected chi connectivity index (χ3v) is 7.33. The SMILES string of the molecule is C=CC(=O)Nc1cccc(Cl)c1Nc1ncc2cc(-c3c(Cl)c(OC)cc(CC)c3I)ccc2n1.